The van der Waals surface area contributed by atoms with Gasteiger partial charge in [-0.25, -0.2) is 4.98 Å². The van der Waals surface area contributed by atoms with E-state index in [2.05, 4.69) is 9.97 Å². The minimum Gasteiger partial charge on any atom is -0.316 e. The van der Waals surface area contributed by atoms with Crippen molar-refractivity contribution in [3.8, 4) is 5.69 Å². The minimum atomic E-state index is -0.160. The predicted octanol–water partition coefficient (Wildman–Crippen LogP) is 3.98. The maximum Gasteiger partial charge on any atom is 0.268 e. The highest BCUT2D eigenvalue weighted by Crippen LogP contribution is 2.22. The maximum absolute atomic E-state index is 12.9. The van der Waals surface area contributed by atoms with Gasteiger partial charge in [0.1, 0.15) is 5.65 Å². The molecule has 0 spiro atoms. The number of aromatic amines is 1. The molecule has 2 aromatic heterocycles. The van der Waals surface area contributed by atoms with Gasteiger partial charge in [0.25, 0.3) is 5.56 Å². The van der Waals surface area contributed by atoms with Crippen LogP contribution in [0.15, 0.2) is 35.1 Å². The molecule has 0 bridgehead atoms. The molecule has 1 aliphatic rings. The van der Waals surface area contributed by atoms with Crippen LogP contribution < -0.4 is 5.56 Å². The molecule has 1 aliphatic carbocycles. The van der Waals surface area contributed by atoms with Gasteiger partial charge >= 0.3 is 0 Å². The summed E-state index contributed by atoms with van der Waals surface area (Å²) in [5.41, 5.74) is 3.31. The highest BCUT2D eigenvalue weighted by Gasteiger charge is 2.15. The summed E-state index contributed by atoms with van der Waals surface area (Å²) < 4.78 is 1.80. The van der Waals surface area contributed by atoms with Gasteiger partial charge in [0.15, 0.2) is 4.77 Å². The average Bonchev–Trinajstić information content (AvgIpc) is 2.53. The zero-order valence-electron chi connectivity index (χ0n) is 12.3. The molecule has 0 unspecified atom stereocenters. The Morgan fingerprint density at radius 3 is 2.87 bits per heavy atom. The van der Waals surface area contributed by atoms with E-state index in [1.54, 1.807) is 18.2 Å². The van der Waals surface area contributed by atoms with Crippen molar-refractivity contribution in [2.75, 3.05) is 0 Å². The zero-order chi connectivity index (χ0) is 16.0. The van der Waals surface area contributed by atoms with Crippen LogP contribution >= 0.6 is 23.8 Å². The lowest BCUT2D eigenvalue weighted by Crippen LogP contribution is -2.22. The standard InChI is InChI=1S/C17H14ClN3OS/c18-11-5-3-6-12(9-11)21-16(22)13-8-10-4-1-2-7-14(10)19-15(13)20-17(21)23/h3,5-6,8-9H,1-2,4,7H2,(H,19,20,23). The Labute approximate surface area is 142 Å². The number of hydrogen-bond donors (Lipinski definition) is 1. The van der Waals surface area contributed by atoms with Crippen LogP contribution in [0.3, 0.4) is 0 Å². The molecule has 2 heterocycles. The summed E-state index contributed by atoms with van der Waals surface area (Å²) in [5, 5.41) is 1.13. The Morgan fingerprint density at radius 1 is 1.22 bits per heavy atom. The van der Waals surface area contributed by atoms with Gasteiger partial charge in [-0.3, -0.25) is 9.36 Å². The molecule has 0 saturated heterocycles. The predicted molar refractivity (Wildman–Crippen MR) is 94.2 cm³/mol. The largest absolute Gasteiger partial charge is 0.316 e. The second-order valence-electron chi connectivity index (χ2n) is 5.75. The van der Waals surface area contributed by atoms with Crippen molar-refractivity contribution in [3.05, 3.63) is 61.7 Å². The van der Waals surface area contributed by atoms with Crippen LogP contribution in [-0.2, 0) is 12.8 Å². The number of aryl methyl sites for hydroxylation is 2. The van der Waals surface area contributed by atoms with Gasteiger partial charge in [-0.15, -0.1) is 0 Å². The molecule has 1 aromatic carbocycles. The molecule has 116 valence electrons. The van der Waals surface area contributed by atoms with Crippen molar-refractivity contribution in [2.45, 2.75) is 25.7 Å². The molecule has 0 amide bonds. The summed E-state index contributed by atoms with van der Waals surface area (Å²) in [5.74, 6) is 0. The van der Waals surface area contributed by atoms with Crippen LogP contribution in [0.4, 0.5) is 0 Å². The quantitative estimate of drug-likeness (QED) is 0.680. The Hall–Kier alpha value is -1.98. The number of pyridine rings is 1. The van der Waals surface area contributed by atoms with E-state index in [9.17, 15) is 4.79 Å². The first-order valence-corrected chi connectivity index (χ1v) is 8.36. The van der Waals surface area contributed by atoms with Gasteiger partial charge in [-0.05, 0) is 67.7 Å². The fourth-order valence-electron chi connectivity index (χ4n) is 3.11. The van der Waals surface area contributed by atoms with Gasteiger partial charge < -0.3 is 4.98 Å². The van der Waals surface area contributed by atoms with Crippen molar-refractivity contribution in [3.63, 3.8) is 0 Å². The van der Waals surface area contributed by atoms with Crippen molar-refractivity contribution >= 4 is 34.9 Å². The molecule has 0 atom stereocenters. The molecule has 1 N–H and O–H groups in total. The molecule has 3 aromatic rings. The van der Waals surface area contributed by atoms with E-state index in [0.717, 1.165) is 31.4 Å². The van der Waals surface area contributed by atoms with Crippen molar-refractivity contribution in [1.82, 2.24) is 14.5 Å². The molecule has 0 aliphatic heterocycles. The number of H-pyrrole nitrogens is 1. The van der Waals surface area contributed by atoms with E-state index in [-0.39, 0.29) is 5.56 Å². The summed E-state index contributed by atoms with van der Waals surface area (Å²) in [4.78, 5) is 20.7. The topological polar surface area (TPSA) is 50.7 Å². The fraction of sp³-hybridized carbons (Fsp3) is 0.235. The normalized spacial score (nSPS) is 14.0. The smallest absolute Gasteiger partial charge is 0.268 e. The number of fused-ring (bicyclic) bond motifs is 2. The maximum atomic E-state index is 12.9. The molecule has 4 rings (SSSR count). The van der Waals surface area contributed by atoms with E-state index in [4.69, 9.17) is 23.8 Å². The monoisotopic (exact) mass is 343 g/mol. The molecule has 0 saturated carbocycles. The minimum absolute atomic E-state index is 0.160. The lowest BCUT2D eigenvalue weighted by atomic mass is 9.95. The molecular formula is C17H14ClN3OS. The summed E-state index contributed by atoms with van der Waals surface area (Å²) in [6.45, 7) is 0. The average molecular weight is 344 g/mol. The summed E-state index contributed by atoms with van der Waals surface area (Å²) in [6.07, 6.45) is 4.23. The molecule has 0 radical (unpaired) electrons. The van der Waals surface area contributed by atoms with Crippen molar-refractivity contribution in [2.24, 2.45) is 0 Å². The summed E-state index contributed by atoms with van der Waals surface area (Å²) in [7, 11) is 0. The number of halogens is 1. The molecule has 6 heteroatoms. The third kappa shape index (κ3) is 2.50. The Morgan fingerprint density at radius 2 is 2.04 bits per heavy atom. The highest BCUT2D eigenvalue weighted by atomic mass is 35.5. The van der Waals surface area contributed by atoms with Crippen LogP contribution in [0.1, 0.15) is 24.1 Å². The first kappa shape index (κ1) is 14.6. The van der Waals surface area contributed by atoms with Gasteiger partial charge in [-0.1, -0.05) is 17.7 Å². The van der Waals surface area contributed by atoms with Gasteiger partial charge in [0, 0.05) is 10.7 Å². The number of aromatic nitrogens is 3. The highest BCUT2D eigenvalue weighted by molar-refractivity contribution is 7.71. The molecular weight excluding hydrogens is 330 g/mol. The third-order valence-electron chi connectivity index (χ3n) is 4.23. The molecule has 23 heavy (non-hydrogen) atoms. The lowest BCUT2D eigenvalue weighted by molar-refractivity contribution is 0.670. The van der Waals surface area contributed by atoms with E-state index in [0.29, 0.717) is 26.5 Å². The fourth-order valence-corrected chi connectivity index (χ4v) is 3.58. The van der Waals surface area contributed by atoms with Crippen LogP contribution in [0, 0.1) is 4.77 Å². The van der Waals surface area contributed by atoms with Crippen LogP contribution in [0.25, 0.3) is 16.7 Å². The molecule has 0 fully saturated rings. The van der Waals surface area contributed by atoms with Gasteiger partial charge in [0.05, 0.1) is 11.1 Å². The number of hydrogen-bond acceptors (Lipinski definition) is 3. The number of rotatable bonds is 1. The first-order valence-electron chi connectivity index (χ1n) is 7.57. The van der Waals surface area contributed by atoms with Gasteiger partial charge in [-0.2, -0.15) is 0 Å². The first-order chi connectivity index (χ1) is 11.1. The van der Waals surface area contributed by atoms with E-state index in [1.165, 1.54) is 10.1 Å². The lowest BCUT2D eigenvalue weighted by Gasteiger charge is -2.16. The van der Waals surface area contributed by atoms with Crippen LogP contribution in [0.2, 0.25) is 5.02 Å². The van der Waals surface area contributed by atoms with E-state index >= 15 is 0 Å². The van der Waals surface area contributed by atoms with Gasteiger partial charge in [0.2, 0.25) is 0 Å². The second-order valence-corrected chi connectivity index (χ2v) is 6.57. The summed E-state index contributed by atoms with van der Waals surface area (Å²) >= 11 is 11.4. The third-order valence-corrected chi connectivity index (χ3v) is 4.75. The summed E-state index contributed by atoms with van der Waals surface area (Å²) in [6, 6.07) is 9.07. The SMILES string of the molecule is O=c1c2cc3c(nc2[nH]c(=S)n1-c1cccc(Cl)c1)CCCC3. The number of benzene rings is 1. The molecule has 4 nitrogen and oxygen atoms in total. The van der Waals surface area contributed by atoms with Crippen molar-refractivity contribution < 1.29 is 0 Å². The van der Waals surface area contributed by atoms with Crippen molar-refractivity contribution in [1.29, 1.82) is 0 Å². The van der Waals surface area contributed by atoms with Crippen LogP contribution in [0.5, 0.6) is 0 Å². The Bertz CT molecular complexity index is 1040. The van der Waals surface area contributed by atoms with E-state index < -0.39 is 0 Å². The Kier molecular flexibility index (Phi) is 3.54. The van der Waals surface area contributed by atoms with E-state index in [1.807, 2.05) is 12.1 Å². The Balaban J connectivity index is 2.03. The second kappa shape index (κ2) is 5.58. The number of nitrogens with one attached hydrogen (secondary N) is 1. The van der Waals surface area contributed by atoms with Crippen LogP contribution in [-0.4, -0.2) is 14.5 Å². The number of nitrogens with zero attached hydrogens (tertiary/aromatic N) is 2. The zero-order valence-corrected chi connectivity index (χ0v) is 13.9.